The van der Waals surface area contributed by atoms with Crippen molar-refractivity contribution >= 4 is 11.6 Å². The van der Waals surface area contributed by atoms with Gasteiger partial charge in [0, 0.05) is 17.1 Å². The van der Waals surface area contributed by atoms with E-state index in [1.165, 1.54) is 11.3 Å². The van der Waals surface area contributed by atoms with E-state index in [9.17, 15) is 0 Å². The monoisotopic (exact) mass is 277 g/mol. The van der Waals surface area contributed by atoms with Crippen LogP contribution in [0.2, 0.25) is 5.02 Å². The summed E-state index contributed by atoms with van der Waals surface area (Å²) in [5.74, 6) is 0.408. The molecule has 1 N–H and O–H groups in total. The molecule has 0 unspecified atom stereocenters. The average molecular weight is 278 g/mol. The lowest BCUT2D eigenvalue weighted by atomic mass is 10.1. The number of nitrogens with one attached hydrogen (secondary N) is 1. The number of hydrogen-bond donors (Lipinski definition) is 1. The maximum Gasteiger partial charge on any atom is 0.0664 e. The molecule has 0 radical (unpaired) electrons. The fourth-order valence-corrected chi connectivity index (χ4v) is 2.43. The van der Waals surface area contributed by atoms with Gasteiger partial charge in [0.15, 0.2) is 0 Å². The molecule has 1 heterocycles. The zero-order chi connectivity index (χ0) is 14.0. The number of nitrogens with zero attached hydrogens (tertiary/aromatic N) is 2. The minimum atomic E-state index is 0.408. The molecule has 0 atom stereocenters. The van der Waals surface area contributed by atoms with Crippen molar-refractivity contribution in [2.75, 3.05) is 7.05 Å². The van der Waals surface area contributed by atoms with E-state index in [0.717, 1.165) is 22.8 Å². The van der Waals surface area contributed by atoms with Gasteiger partial charge in [-0.2, -0.15) is 5.10 Å². The highest BCUT2D eigenvalue weighted by molar-refractivity contribution is 6.31. The quantitative estimate of drug-likeness (QED) is 0.924. The Labute approximate surface area is 119 Å². The minimum absolute atomic E-state index is 0.408. The summed E-state index contributed by atoms with van der Waals surface area (Å²) in [5, 5.41) is 8.48. The van der Waals surface area contributed by atoms with E-state index in [1.54, 1.807) is 0 Å². The van der Waals surface area contributed by atoms with Crippen molar-refractivity contribution in [3.8, 4) is 5.69 Å². The van der Waals surface area contributed by atoms with Gasteiger partial charge >= 0.3 is 0 Å². The van der Waals surface area contributed by atoms with Crippen molar-refractivity contribution in [1.82, 2.24) is 15.1 Å². The van der Waals surface area contributed by atoms with E-state index in [0.29, 0.717) is 5.92 Å². The van der Waals surface area contributed by atoms with Crippen LogP contribution in [0.15, 0.2) is 24.4 Å². The molecule has 0 fully saturated rings. The molecule has 0 spiro atoms. The Morgan fingerprint density at radius 1 is 1.37 bits per heavy atom. The lowest BCUT2D eigenvalue weighted by Crippen LogP contribution is -2.10. The number of aryl methyl sites for hydroxylation is 1. The molecule has 0 aliphatic carbocycles. The van der Waals surface area contributed by atoms with Gasteiger partial charge in [-0.1, -0.05) is 31.5 Å². The first-order chi connectivity index (χ1) is 9.04. The van der Waals surface area contributed by atoms with Crippen LogP contribution in [-0.2, 0) is 6.54 Å². The molecule has 0 saturated heterocycles. The highest BCUT2D eigenvalue weighted by Crippen LogP contribution is 2.25. The topological polar surface area (TPSA) is 29.9 Å². The van der Waals surface area contributed by atoms with Crippen molar-refractivity contribution in [3.05, 3.63) is 46.2 Å². The Bertz CT molecular complexity index is 573. The molecule has 0 amide bonds. The molecule has 1 aromatic heterocycles. The van der Waals surface area contributed by atoms with Crippen molar-refractivity contribution in [3.63, 3.8) is 0 Å². The van der Waals surface area contributed by atoms with Crippen LogP contribution in [0.25, 0.3) is 5.69 Å². The van der Waals surface area contributed by atoms with Gasteiger partial charge in [0.25, 0.3) is 0 Å². The number of halogens is 1. The largest absolute Gasteiger partial charge is 0.316 e. The van der Waals surface area contributed by atoms with Gasteiger partial charge in [-0.05, 0) is 37.6 Å². The van der Waals surface area contributed by atoms with Crippen molar-refractivity contribution < 1.29 is 0 Å². The highest BCUT2D eigenvalue weighted by atomic mass is 35.5. The molecule has 1 aromatic carbocycles. The van der Waals surface area contributed by atoms with Crippen LogP contribution in [0.4, 0.5) is 0 Å². The smallest absolute Gasteiger partial charge is 0.0664 e. The van der Waals surface area contributed by atoms with Crippen LogP contribution in [0.5, 0.6) is 0 Å². The average Bonchev–Trinajstić information content (AvgIpc) is 2.77. The summed E-state index contributed by atoms with van der Waals surface area (Å²) in [6.45, 7) is 7.20. The zero-order valence-corrected chi connectivity index (χ0v) is 12.6. The van der Waals surface area contributed by atoms with E-state index in [-0.39, 0.29) is 0 Å². The maximum absolute atomic E-state index is 6.21. The zero-order valence-electron chi connectivity index (χ0n) is 11.9. The molecular formula is C15H20ClN3. The van der Waals surface area contributed by atoms with Crippen LogP contribution >= 0.6 is 11.6 Å². The van der Waals surface area contributed by atoms with Crippen molar-refractivity contribution in [2.45, 2.75) is 33.2 Å². The van der Waals surface area contributed by atoms with E-state index in [1.807, 2.05) is 37.0 Å². The van der Waals surface area contributed by atoms with E-state index in [2.05, 4.69) is 30.3 Å². The van der Waals surface area contributed by atoms with Crippen LogP contribution in [0.1, 0.15) is 36.6 Å². The third-order valence-electron chi connectivity index (χ3n) is 3.20. The van der Waals surface area contributed by atoms with Crippen molar-refractivity contribution in [2.24, 2.45) is 0 Å². The summed E-state index contributed by atoms with van der Waals surface area (Å²) < 4.78 is 1.99. The molecule has 19 heavy (non-hydrogen) atoms. The summed E-state index contributed by atoms with van der Waals surface area (Å²) in [7, 11) is 1.95. The lowest BCUT2D eigenvalue weighted by Gasteiger charge is -2.13. The number of rotatable bonds is 4. The van der Waals surface area contributed by atoms with Gasteiger partial charge in [-0.15, -0.1) is 0 Å². The van der Waals surface area contributed by atoms with Gasteiger partial charge in [0.1, 0.15) is 0 Å². The fourth-order valence-electron chi connectivity index (χ4n) is 2.25. The summed E-state index contributed by atoms with van der Waals surface area (Å²) >= 11 is 6.21. The van der Waals surface area contributed by atoms with Crippen LogP contribution in [0.3, 0.4) is 0 Å². The third kappa shape index (κ3) is 2.82. The van der Waals surface area contributed by atoms with E-state index < -0.39 is 0 Å². The van der Waals surface area contributed by atoms with Crippen molar-refractivity contribution in [1.29, 1.82) is 0 Å². The van der Waals surface area contributed by atoms with Crippen LogP contribution in [-0.4, -0.2) is 16.8 Å². The second-order valence-corrected chi connectivity index (χ2v) is 5.49. The number of aromatic nitrogens is 2. The molecule has 0 saturated carbocycles. The molecule has 2 aromatic rings. The summed E-state index contributed by atoms with van der Waals surface area (Å²) in [5.41, 5.74) is 4.56. The normalized spacial score (nSPS) is 11.3. The first-order valence-electron chi connectivity index (χ1n) is 6.52. The van der Waals surface area contributed by atoms with Gasteiger partial charge < -0.3 is 5.32 Å². The second-order valence-electron chi connectivity index (χ2n) is 5.09. The molecular weight excluding hydrogens is 258 g/mol. The molecule has 4 heteroatoms. The third-order valence-corrected chi connectivity index (χ3v) is 3.61. The molecule has 3 nitrogen and oxygen atoms in total. The van der Waals surface area contributed by atoms with Gasteiger partial charge in [0.05, 0.1) is 17.6 Å². The van der Waals surface area contributed by atoms with E-state index >= 15 is 0 Å². The Morgan fingerprint density at radius 3 is 2.68 bits per heavy atom. The predicted octanol–water partition coefficient (Wildman–Crippen LogP) is 3.68. The Kier molecular flexibility index (Phi) is 4.27. The maximum atomic E-state index is 6.21. The highest BCUT2D eigenvalue weighted by Gasteiger charge is 2.15. The van der Waals surface area contributed by atoms with Gasteiger partial charge in [-0.3, -0.25) is 0 Å². The summed E-state index contributed by atoms with van der Waals surface area (Å²) in [6.07, 6.45) is 1.93. The molecule has 0 aliphatic heterocycles. The standard InChI is InChI=1S/C15H20ClN3/c1-10(2)15-12(8-17-4)9-18-19(15)13-6-5-11(3)14(16)7-13/h5-7,9-10,17H,8H2,1-4H3. The van der Waals surface area contributed by atoms with Gasteiger partial charge in [0.2, 0.25) is 0 Å². The summed E-state index contributed by atoms with van der Waals surface area (Å²) in [4.78, 5) is 0. The fraction of sp³-hybridized carbons (Fsp3) is 0.400. The molecule has 2 rings (SSSR count). The molecule has 0 aliphatic rings. The van der Waals surface area contributed by atoms with Gasteiger partial charge in [-0.25, -0.2) is 4.68 Å². The molecule has 102 valence electrons. The lowest BCUT2D eigenvalue weighted by molar-refractivity contribution is 0.713. The Morgan fingerprint density at radius 2 is 2.11 bits per heavy atom. The predicted molar refractivity (Wildman–Crippen MR) is 80.2 cm³/mol. The number of benzene rings is 1. The first-order valence-corrected chi connectivity index (χ1v) is 6.90. The minimum Gasteiger partial charge on any atom is -0.316 e. The Balaban J connectivity index is 2.52. The van der Waals surface area contributed by atoms with Crippen LogP contribution < -0.4 is 5.32 Å². The summed E-state index contributed by atoms with van der Waals surface area (Å²) in [6, 6.07) is 6.06. The van der Waals surface area contributed by atoms with Crippen LogP contribution in [0, 0.1) is 6.92 Å². The Hall–Kier alpha value is -1.32. The SMILES string of the molecule is CNCc1cnn(-c2ccc(C)c(Cl)c2)c1C(C)C. The second kappa shape index (κ2) is 5.76. The number of hydrogen-bond acceptors (Lipinski definition) is 2. The van der Waals surface area contributed by atoms with E-state index in [4.69, 9.17) is 11.6 Å². The molecule has 0 bridgehead atoms. The first kappa shape index (κ1) is 14.1.